The Balaban J connectivity index is 3.26. The molecule has 0 aromatic carbocycles. The van der Waals surface area contributed by atoms with Crippen LogP contribution in [0.25, 0.3) is 0 Å². The molecule has 10 unspecified atom stereocenters. The van der Waals surface area contributed by atoms with Crippen molar-refractivity contribution in [1.29, 1.82) is 0 Å². The lowest BCUT2D eigenvalue weighted by Crippen LogP contribution is -2.62. The minimum absolute atomic E-state index is 0.0376. The van der Waals surface area contributed by atoms with Crippen molar-refractivity contribution in [2.45, 2.75) is 140 Å². The van der Waals surface area contributed by atoms with Crippen LogP contribution in [0, 0.1) is 5.92 Å². The van der Waals surface area contributed by atoms with Crippen LogP contribution >= 0.6 is 23.5 Å². The number of likely N-dealkylation sites (tertiary alicyclic amines) is 1. The molecule has 1 aliphatic rings. The molecule has 354 valence electrons. The number of aliphatic carboxylic acids is 1. The number of hydrogen-bond acceptors (Lipinski definition) is 15. The van der Waals surface area contributed by atoms with Crippen molar-refractivity contribution >= 4 is 76.8 Å². The van der Waals surface area contributed by atoms with E-state index in [4.69, 9.17) is 17.2 Å². The fourth-order valence-corrected chi connectivity index (χ4v) is 7.31. The van der Waals surface area contributed by atoms with Crippen molar-refractivity contribution in [1.82, 2.24) is 36.8 Å². The molecule has 8 amide bonds. The lowest BCUT2D eigenvalue weighted by atomic mass is 10.0. The standard InChI is InChI=1S/C38H68N10O12S2/c1-19(2)29(37(58)48-15-9-11-26(48)34(55)44-24(38(59)60)10-7-8-14-39)46-32(53)23(13-17-62-6)43-36(57)30(21(4)50)47-33(54)25(18-27(40)51)45-31(52)22(12-16-61-5)42-35(56)28(41)20(3)49/h19-26,28-30,49-50H,7-18,39,41H2,1-6H3,(H2,40,51)(H,42,56)(H,43,57)(H,44,55)(H,45,52)(H,46,53)(H,47,54)(H,59,60). The van der Waals surface area contributed by atoms with E-state index in [0.717, 1.165) is 0 Å². The molecule has 1 heterocycles. The molecule has 1 fully saturated rings. The van der Waals surface area contributed by atoms with Crippen LogP contribution in [0.5, 0.6) is 0 Å². The smallest absolute Gasteiger partial charge is 0.326 e. The summed E-state index contributed by atoms with van der Waals surface area (Å²) in [5.74, 6) is -7.95. The van der Waals surface area contributed by atoms with Gasteiger partial charge in [-0.25, -0.2) is 4.79 Å². The fraction of sp³-hybridized carbons (Fsp3) is 0.763. The van der Waals surface area contributed by atoms with Crippen molar-refractivity contribution in [3.63, 3.8) is 0 Å². The Morgan fingerprint density at radius 2 is 1.19 bits per heavy atom. The van der Waals surface area contributed by atoms with Crippen molar-refractivity contribution < 1.29 is 58.5 Å². The zero-order chi connectivity index (χ0) is 47.3. The van der Waals surface area contributed by atoms with E-state index in [1.165, 1.54) is 42.3 Å². The van der Waals surface area contributed by atoms with E-state index in [9.17, 15) is 58.5 Å². The molecule has 0 spiro atoms. The third-order valence-electron chi connectivity index (χ3n) is 10.0. The predicted molar refractivity (Wildman–Crippen MR) is 233 cm³/mol. The first kappa shape index (κ1) is 55.8. The maximum absolute atomic E-state index is 14.0. The highest BCUT2D eigenvalue weighted by atomic mass is 32.2. The molecule has 0 bridgehead atoms. The predicted octanol–water partition coefficient (Wildman–Crippen LogP) is -3.77. The molecule has 0 aromatic rings. The fourth-order valence-electron chi connectivity index (χ4n) is 6.37. The quantitative estimate of drug-likeness (QED) is 0.0321. The Morgan fingerprint density at radius 3 is 1.68 bits per heavy atom. The highest BCUT2D eigenvalue weighted by molar-refractivity contribution is 7.98. The molecule has 15 N–H and O–H groups in total. The number of aliphatic hydroxyl groups is 2. The van der Waals surface area contributed by atoms with Crippen LogP contribution < -0.4 is 49.1 Å². The Kier molecular flexibility index (Phi) is 25.6. The van der Waals surface area contributed by atoms with Gasteiger partial charge in [-0.2, -0.15) is 23.5 Å². The van der Waals surface area contributed by atoms with Crippen LogP contribution in [0.4, 0.5) is 0 Å². The molecular formula is C38H68N10O12S2. The average molecular weight is 921 g/mol. The van der Waals surface area contributed by atoms with E-state index in [1.54, 1.807) is 26.4 Å². The molecule has 10 atom stereocenters. The number of nitrogens with one attached hydrogen (secondary N) is 6. The molecule has 1 saturated heterocycles. The summed E-state index contributed by atoms with van der Waals surface area (Å²) in [6.45, 7) is 6.34. The maximum Gasteiger partial charge on any atom is 0.326 e. The Hall–Kier alpha value is -4.23. The van der Waals surface area contributed by atoms with Crippen LogP contribution in [0.2, 0.25) is 0 Å². The van der Waals surface area contributed by atoms with Gasteiger partial charge < -0.3 is 69.3 Å². The summed E-state index contributed by atoms with van der Waals surface area (Å²) < 4.78 is 0. The summed E-state index contributed by atoms with van der Waals surface area (Å²) in [6, 6.07) is -10.7. The second-order valence-corrected chi connectivity index (χ2v) is 17.5. The monoisotopic (exact) mass is 920 g/mol. The van der Waals surface area contributed by atoms with Crippen LogP contribution in [-0.4, -0.2) is 171 Å². The summed E-state index contributed by atoms with van der Waals surface area (Å²) >= 11 is 2.70. The van der Waals surface area contributed by atoms with E-state index in [2.05, 4.69) is 31.9 Å². The number of carboxylic acid groups (broad SMARTS) is 1. The first-order valence-corrected chi connectivity index (χ1v) is 23.3. The minimum Gasteiger partial charge on any atom is -0.480 e. The molecule has 1 aliphatic heterocycles. The van der Waals surface area contributed by atoms with E-state index in [-0.39, 0.29) is 32.2 Å². The van der Waals surface area contributed by atoms with Crippen molar-refractivity contribution in [2.24, 2.45) is 23.1 Å². The van der Waals surface area contributed by atoms with Crippen molar-refractivity contribution in [3.05, 3.63) is 0 Å². The summed E-state index contributed by atoms with van der Waals surface area (Å²) in [7, 11) is 0. The minimum atomic E-state index is -1.74. The van der Waals surface area contributed by atoms with Gasteiger partial charge in [-0.05, 0) is 95.3 Å². The molecule has 22 nitrogen and oxygen atoms in total. The molecule has 24 heteroatoms. The number of aliphatic hydroxyl groups excluding tert-OH is 2. The first-order valence-electron chi connectivity index (χ1n) is 20.5. The van der Waals surface area contributed by atoms with Crippen LogP contribution in [0.3, 0.4) is 0 Å². The van der Waals surface area contributed by atoms with E-state index < -0.39 is 126 Å². The Labute approximate surface area is 370 Å². The van der Waals surface area contributed by atoms with E-state index >= 15 is 0 Å². The lowest BCUT2D eigenvalue weighted by Gasteiger charge is -2.32. The van der Waals surface area contributed by atoms with Crippen LogP contribution in [0.15, 0.2) is 0 Å². The number of nitrogens with two attached hydrogens (primary N) is 3. The van der Waals surface area contributed by atoms with Gasteiger partial charge in [-0.15, -0.1) is 0 Å². The summed E-state index contributed by atoms with van der Waals surface area (Å²) in [5, 5.41) is 44.9. The van der Waals surface area contributed by atoms with Gasteiger partial charge in [0.05, 0.1) is 18.6 Å². The van der Waals surface area contributed by atoms with Gasteiger partial charge in [0.15, 0.2) is 0 Å². The second kappa shape index (κ2) is 28.5. The number of thioether (sulfide) groups is 2. The zero-order valence-electron chi connectivity index (χ0n) is 36.3. The Morgan fingerprint density at radius 1 is 0.677 bits per heavy atom. The number of carboxylic acids is 1. The first-order chi connectivity index (χ1) is 29.1. The number of nitrogens with zero attached hydrogens (tertiary/aromatic N) is 1. The van der Waals surface area contributed by atoms with Gasteiger partial charge in [-0.1, -0.05) is 13.8 Å². The summed E-state index contributed by atoms with van der Waals surface area (Å²) in [6.07, 6.45) is 1.93. The molecular weight excluding hydrogens is 853 g/mol. The number of amides is 8. The normalized spacial score (nSPS) is 18.1. The number of hydrogen-bond donors (Lipinski definition) is 12. The van der Waals surface area contributed by atoms with Crippen molar-refractivity contribution in [3.8, 4) is 0 Å². The molecule has 0 saturated carbocycles. The SMILES string of the molecule is CSCCC(NC(=O)C(N)C(C)O)C(=O)NC(CC(N)=O)C(=O)NC(C(=O)NC(CCSC)C(=O)NC(C(=O)N1CCCC1C(=O)NC(CCCCN)C(=O)O)C(C)C)C(C)O. The maximum atomic E-state index is 14.0. The molecule has 1 rings (SSSR count). The number of carbonyl (C=O) groups excluding carboxylic acids is 8. The molecule has 0 aliphatic carbocycles. The van der Waals surface area contributed by atoms with Gasteiger partial charge in [0.2, 0.25) is 47.3 Å². The summed E-state index contributed by atoms with van der Waals surface area (Å²) in [4.78, 5) is 120. The second-order valence-electron chi connectivity index (χ2n) is 15.5. The topological polar surface area (TPSA) is 368 Å². The largest absolute Gasteiger partial charge is 0.480 e. The molecule has 0 radical (unpaired) electrons. The van der Waals surface area contributed by atoms with Crippen molar-refractivity contribution in [2.75, 3.05) is 37.1 Å². The summed E-state index contributed by atoms with van der Waals surface area (Å²) in [5.41, 5.74) is 16.6. The molecule has 0 aromatic heterocycles. The number of unbranched alkanes of at least 4 members (excludes halogenated alkanes) is 1. The highest BCUT2D eigenvalue weighted by Gasteiger charge is 2.41. The van der Waals surface area contributed by atoms with Gasteiger partial charge in [0.25, 0.3) is 0 Å². The van der Waals surface area contributed by atoms with Gasteiger partial charge in [0.1, 0.15) is 48.3 Å². The highest BCUT2D eigenvalue weighted by Crippen LogP contribution is 2.21. The van der Waals surface area contributed by atoms with Gasteiger partial charge in [0, 0.05) is 6.54 Å². The van der Waals surface area contributed by atoms with Gasteiger partial charge >= 0.3 is 5.97 Å². The van der Waals surface area contributed by atoms with Crippen LogP contribution in [0.1, 0.15) is 79.1 Å². The molecule has 62 heavy (non-hydrogen) atoms. The van der Waals surface area contributed by atoms with E-state index in [1.807, 2.05) is 0 Å². The zero-order valence-corrected chi connectivity index (χ0v) is 38.0. The van der Waals surface area contributed by atoms with Gasteiger partial charge in [-0.3, -0.25) is 38.4 Å². The Bertz CT molecular complexity index is 1540. The average Bonchev–Trinajstić information content (AvgIpc) is 3.70. The van der Waals surface area contributed by atoms with Crippen LogP contribution in [-0.2, 0) is 43.2 Å². The third-order valence-corrected chi connectivity index (χ3v) is 11.3. The number of rotatable bonds is 29. The lowest BCUT2D eigenvalue weighted by molar-refractivity contribution is -0.145. The van der Waals surface area contributed by atoms with E-state index in [0.29, 0.717) is 37.3 Å². The number of carbonyl (C=O) groups is 9. The third kappa shape index (κ3) is 18.6. The number of primary amides is 1.